The summed E-state index contributed by atoms with van der Waals surface area (Å²) in [5.41, 5.74) is 5.03. The smallest absolute Gasteiger partial charge is 0.00506 e. The van der Waals surface area contributed by atoms with E-state index in [1.165, 1.54) is 51.7 Å². The van der Waals surface area contributed by atoms with Gasteiger partial charge in [-0.05, 0) is 61.3 Å². The van der Waals surface area contributed by atoms with Crippen LogP contribution in [-0.2, 0) is 12.8 Å². The molecule has 2 aliphatic rings. The first-order valence-electron chi connectivity index (χ1n) is 7.21. The molecule has 0 bridgehead atoms. The van der Waals surface area contributed by atoms with Crippen molar-refractivity contribution in [2.24, 2.45) is 0 Å². The van der Waals surface area contributed by atoms with E-state index in [1.54, 1.807) is 16.7 Å². The largest absolute Gasteiger partial charge is 0.302 e. The molecule has 1 aromatic rings. The van der Waals surface area contributed by atoms with Crippen LogP contribution in [0.4, 0.5) is 0 Å². The lowest BCUT2D eigenvalue weighted by Gasteiger charge is -2.29. The molecule has 0 unspecified atom stereocenters. The number of rotatable bonds is 2. The maximum atomic E-state index is 2.68. The predicted octanol–water partition coefficient (Wildman–Crippen LogP) is 3.37. The van der Waals surface area contributed by atoms with E-state index in [2.05, 4.69) is 30.0 Å². The van der Waals surface area contributed by atoms with E-state index in [4.69, 9.17) is 0 Å². The number of hydrogen-bond acceptors (Lipinski definition) is 1. The van der Waals surface area contributed by atoms with Gasteiger partial charge in [0, 0.05) is 13.1 Å². The van der Waals surface area contributed by atoms with Crippen LogP contribution < -0.4 is 0 Å². The zero-order chi connectivity index (χ0) is 11.7. The molecule has 0 amide bonds. The lowest BCUT2D eigenvalue weighted by molar-refractivity contribution is 0.260. The van der Waals surface area contributed by atoms with E-state index >= 15 is 0 Å². The Hall–Kier alpha value is -0.820. The molecule has 0 saturated carbocycles. The third kappa shape index (κ3) is 2.13. The number of hydrogen-bond donors (Lipinski definition) is 0. The monoisotopic (exact) mass is 229 g/mol. The van der Waals surface area contributed by atoms with Crippen LogP contribution in [0.5, 0.6) is 0 Å². The van der Waals surface area contributed by atoms with Gasteiger partial charge in [0.25, 0.3) is 0 Å². The lowest BCUT2D eigenvalue weighted by Crippen LogP contribution is -2.30. The summed E-state index contributed by atoms with van der Waals surface area (Å²) in [6.07, 6.45) is 6.66. The maximum absolute atomic E-state index is 2.68. The van der Waals surface area contributed by atoms with Gasteiger partial charge in [0.15, 0.2) is 0 Å². The fraction of sp³-hybridized carbons (Fsp3) is 0.625. The van der Waals surface area contributed by atoms with Crippen molar-refractivity contribution in [3.8, 4) is 0 Å². The molecule has 1 atom stereocenters. The van der Waals surface area contributed by atoms with E-state index in [1.807, 2.05) is 0 Å². The van der Waals surface area contributed by atoms with E-state index in [9.17, 15) is 0 Å². The van der Waals surface area contributed by atoms with E-state index < -0.39 is 0 Å². The summed E-state index contributed by atoms with van der Waals surface area (Å²) in [4.78, 5) is 2.68. The van der Waals surface area contributed by atoms with Crippen molar-refractivity contribution < 1.29 is 0 Å². The molecule has 0 N–H and O–H groups in total. The first-order valence-corrected chi connectivity index (χ1v) is 7.21. The fourth-order valence-corrected chi connectivity index (χ4v) is 3.69. The number of benzene rings is 1. The molecule has 1 heterocycles. The second-order valence-corrected chi connectivity index (χ2v) is 5.63. The van der Waals surface area contributed by atoms with Crippen molar-refractivity contribution in [3.63, 3.8) is 0 Å². The number of aryl methyl sites for hydroxylation is 1. The van der Waals surface area contributed by atoms with Gasteiger partial charge in [-0.3, -0.25) is 0 Å². The van der Waals surface area contributed by atoms with Crippen LogP contribution in [0, 0.1) is 0 Å². The van der Waals surface area contributed by atoms with Gasteiger partial charge in [-0.15, -0.1) is 0 Å². The van der Waals surface area contributed by atoms with Gasteiger partial charge in [-0.25, -0.2) is 0 Å². The Kier molecular flexibility index (Phi) is 3.19. The third-order valence-electron chi connectivity index (χ3n) is 4.41. The van der Waals surface area contributed by atoms with Crippen molar-refractivity contribution in [3.05, 3.63) is 34.9 Å². The molecule has 1 heteroatoms. The van der Waals surface area contributed by atoms with Gasteiger partial charge in [0.1, 0.15) is 0 Å². The minimum atomic E-state index is 0.823. The first-order chi connectivity index (χ1) is 8.38. The summed E-state index contributed by atoms with van der Waals surface area (Å²) in [5.74, 6) is 0.823. The summed E-state index contributed by atoms with van der Waals surface area (Å²) >= 11 is 0. The SMILES string of the molecule is CCCN1CCc2cccc3c2[C@H](CCC3)C1. The van der Waals surface area contributed by atoms with Crippen LogP contribution in [0.1, 0.15) is 48.8 Å². The molecule has 92 valence electrons. The maximum Gasteiger partial charge on any atom is 0.00506 e. The Balaban J connectivity index is 1.93. The molecule has 1 aromatic carbocycles. The molecule has 0 saturated heterocycles. The van der Waals surface area contributed by atoms with Crippen LogP contribution in [0.25, 0.3) is 0 Å². The molecular weight excluding hydrogens is 206 g/mol. The lowest BCUT2D eigenvalue weighted by atomic mass is 9.80. The average molecular weight is 229 g/mol. The van der Waals surface area contributed by atoms with Gasteiger partial charge in [-0.1, -0.05) is 25.1 Å². The highest BCUT2D eigenvalue weighted by atomic mass is 15.1. The van der Waals surface area contributed by atoms with Crippen LogP contribution >= 0.6 is 0 Å². The summed E-state index contributed by atoms with van der Waals surface area (Å²) < 4.78 is 0. The van der Waals surface area contributed by atoms with Crippen molar-refractivity contribution in [1.82, 2.24) is 4.90 Å². The van der Waals surface area contributed by atoms with E-state index in [0.29, 0.717) is 0 Å². The van der Waals surface area contributed by atoms with Crippen molar-refractivity contribution in [2.75, 3.05) is 19.6 Å². The Morgan fingerprint density at radius 1 is 1.24 bits per heavy atom. The summed E-state index contributed by atoms with van der Waals surface area (Å²) in [5, 5.41) is 0. The van der Waals surface area contributed by atoms with E-state index in [0.717, 1.165) is 5.92 Å². The van der Waals surface area contributed by atoms with E-state index in [-0.39, 0.29) is 0 Å². The highest BCUT2D eigenvalue weighted by Gasteiger charge is 2.27. The summed E-state index contributed by atoms with van der Waals surface area (Å²) in [6.45, 7) is 6.14. The topological polar surface area (TPSA) is 3.24 Å². The van der Waals surface area contributed by atoms with Gasteiger partial charge in [0.2, 0.25) is 0 Å². The molecule has 0 fully saturated rings. The molecule has 0 radical (unpaired) electrons. The Labute approximate surface area is 105 Å². The quantitative estimate of drug-likeness (QED) is 0.751. The zero-order valence-corrected chi connectivity index (χ0v) is 10.9. The average Bonchev–Trinajstić information content (AvgIpc) is 2.53. The number of nitrogens with zero attached hydrogens (tertiary/aromatic N) is 1. The van der Waals surface area contributed by atoms with Gasteiger partial charge < -0.3 is 4.90 Å². The standard InChI is InChI=1S/C16H23N/c1-2-10-17-11-9-14-7-3-5-13-6-4-8-15(12-17)16(13)14/h3,5,7,15H,2,4,6,8-12H2,1H3/t15-/m1/s1. The van der Waals surface area contributed by atoms with Crippen LogP contribution in [0.15, 0.2) is 18.2 Å². The molecular formula is C16H23N. The van der Waals surface area contributed by atoms with Crippen molar-refractivity contribution >= 4 is 0 Å². The molecule has 0 spiro atoms. The second kappa shape index (κ2) is 4.81. The summed E-state index contributed by atoms with van der Waals surface area (Å²) in [6, 6.07) is 7.00. The normalized spacial score (nSPS) is 24.2. The first kappa shape index (κ1) is 11.3. The van der Waals surface area contributed by atoms with Crippen LogP contribution in [-0.4, -0.2) is 24.5 Å². The zero-order valence-electron chi connectivity index (χ0n) is 10.9. The highest BCUT2D eigenvalue weighted by Crippen LogP contribution is 2.36. The Bertz CT molecular complexity index is 397. The molecule has 1 aliphatic heterocycles. The third-order valence-corrected chi connectivity index (χ3v) is 4.41. The van der Waals surface area contributed by atoms with Crippen molar-refractivity contribution in [2.45, 2.75) is 44.9 Å². The predicted molar refractivity (Wildman–Crippen MR) is 72.6 cm³/mol. The van der Waals surface area contributed by atoms with Gasteiger partial charge in [0.05, 0.1) is 0 Å². The molecule has 1 aliphatic carbocycles. The minimum absolute atomic E-state index is 0.823. The van der Waals surface area contributed by atoms with Crippen LogP contribution in [0.3, 0.4) is 0 Å². The highest BCUT2D eigenvalue weighted by molar-refractivity contribution is 5.41. The molecule has 0 aromatic heterocycles. The molecule has 17 heavy (non-hydrogen) atoms. The van der Waals surface area contributed by atoms with Gasteiger partial charge in [-0.2, -0.15) is 0 Å². The summed E-state index contributed by atoms with van der Waals surface area (Å²) in [7, 11) is 0. The van der Waals surface area contributed by atoms with Gasteiger partial charge >= 0.3 is 0 Å². The fourth-order valence-electron chi connectivity index (χ4n) is 3.69. The second-order valence-electron chi connectivity index (χ2n) is 5.63. The molecule has 1 nitrogen and oxygen atoms in total. The molecule has 3 rings (SSSR count). The minimum Gasteiger partial charge on any atom is -0.302 e. The van der Waals surface area contributed by atoms with Crippen molar-refractivity contribution in [1.29, 1.82) is 0 Å². The Morgan fingerprint density at radius 2 is 2.06 bits per heavy atom. The van der Waals surface area contributed by atoms with Crippen LogP contribution in [0.2, 0.25) is 0 Å². The Morgan fingerprint density at radius 3 is 2.88 bits per heavy atom.